The fraction of sp³-hybridized carbons (Fsp3) is 0.818. The molecule has 0 heterocycles. The highest BCUT2D eigenvalue weighted by Gasteiger charge is 2.27. The smallest absolute Gasteiger partial charge is 0.0954 e. The van der Waals surface area contributed by atoms with Gasteiger partial charge in [0, 0.05) is 7.05 Å². The van der Waals surface area contributed by atoms with Crippen LogP contribution in [0.15, 0.2) is 11.4 Å². The molecule has 0 amide bonds. The van der Waals surface area contributed by atoms with Crippen molar-refractivity contribution in [1.29, 1.82) is 0 Å². The normalized spacial score (nSPS) is 14.4. The molecular weight excluding hydrogens is 160 g/mol. The van der Waals surface area contributed by atoms with Gasteiger partial charge in [0.25, 0.3) is 0 Å². The first-order chi connectivity index (χ1) is 5.87. The lowest BCUT2D eigenvalue weighted by molar-refractivity contribution is 0.298. The first kappa shape index (κ1) is 12.3. The van der Waals surface area contributed by atoms with Crippen molar-refractivity contribution < 1.29 is 0 Å². The summed E-state index contributed by atoms with van der Waals surface area (Å²) in [4.78, 5) is 0. The first-order valence-corrected chi connectivity index (χ1v) is 5.04. The molecule has 0 saturated heterocycles. The van der Waals surface area contributed by atoms with Crippen LogP contribution >= 0.6 is 0 Å². The molecule has 0 aliphatic carbocycles. The summed E-state index contributed by atoms with van der Waals surface area (Å²) in [6.07, 6.45) is 1.01. The molecule has 0 aliphatic rings. The van der Waals surface area contributed by atoms with E-state index in [9.17, 15) is 0 Å². The Kier molecular flexibility index (Phi) is 4.31. The SMILES string of the molecule is CC/C(=C(\N)NC)C(C)(C)C(C)C. The zero-order valence-corrected chi connectivity index (χ0v) is 9.86. The van der Waals surface area contributed by atoms with E-state index in [4.69, 9.17) is 5.73 Å². The fourth-order valence-corrected chi connectivity index (χ4v) is 1.49. The summed E-state index contributed by atoms with van der Waals surface area (Å²) in [7, 11) is 1.88. The summed E-state index contributed by atoms with van der Waals surface area (Å²) in [5, 5.41) is 3.03. The van der Waals surface area contributed by atoms with Crippen LogP contribution in [0.25, 0.3) is 0 Å². The Morgan fingerprint density at radius 3 is 2.08 bits per heavy atom. The lowest BCUT2D eigenvalue weighted by Gasteiger charge is -2.33. The Bertz CT molecular complexity index is 190. The quantitative estimate of drug-likeness (QED) is 0.704. The molecule has 0 spiro atoms. The van der Waals surface area contributed by atoms with E-state index >= 15 is 0 Å². The van der Waals surface area contributed by atoms with Gasteiger partial charge in [0.15, 0.2) is 0 Å². The van der Waals surface area contributed by atoms with E-state index in [1.165, 1.54) is 5.57 Å². The molecule has 78 valence electrons. The molecule has 2 heteroatoms. The van der Waals surface area contributed by atoms with Crippen molar-refractivity contribution in [2.45, 2.75) is 41.0 Å². The monoisotopic (exact) mass is 184 g/mol. The van der Waals surface area contributed by atoms with E-state index in [1.54, 1.807) is 0 Å². The van der Waals surface area contributed by atoms with Gasteiger partial charge in [0.05, 0.1) is 5.82 Å². The first-order valence-electron chi connectivity index (χ1n) is 5.04. The third kappa shape index (κ3) is 2.64. The second-order valence-corrected chi connectivity index (χ2v) is 4.37. The van der Waals surface area contributed by atoms with Gasteiger partial charge in [-0.15, -0.1) is 0 Å². The standard InChI is InChI=1S/C11H24N2/c1-7-9(10(12)13-6)11(4,5)8(2)3/h8,13H,7,12H2,1-6H3/b10-9-. The van der Waals surface area contributed by atoms with Crippen molar-refractivity contribution in [1.82, 2.24) is 5.32 Å². The predicted octanol–water partition coefficient (Wildman–Crippen LogP) is 2.47. The van der Waals surface area contributed by atoms with E-state index in [0.29, 0.717) is 5.92 Å². The summed E-state index contributed by atoms with van der Waals surface area (Å²) >= 11 is 0. The minimum Gasteiger partial charge on any atom is -0.386 e. The van der Waals surface area contributed by atoms with Gasteiger partial charge in [0.1, 0.15) is 0 Å². The summed E-state index contributed by atoms with van der Waals surface area (Å²) in [5.41, 5.74) is 7.43. The lowest BCUT2D eigenvalue weighted by atomic mass is 9.73. The third-order valence-electron chi connectivity index (χ3n) is 3.17. The second-order valence-electron chi connectivity index (χ2n) is 4.37. The number of hydrogen-bond acceptors (Lipinski definition) is 2. The van der Waals surface area contributed by atoms with Crippen LogP contribution in [0.4, 0.5) is 0 Å². The lowest BCUT2D eigenvalue weighted by Crippen LogP contribution is -2.29. The Balaban J connectivity index is 4.98. The second kappa shape index (κ2) is 4.54. The van der Waals surface area contributed by atoms with Gasteiger partial charge < -0.3 is 11.1 Å². The number of allylic oxidation sites excluding steroid dienone is 1. The maximum atomic E-state index is 5.92. The predicted molar refractivity (Wildman–Crippen MR) is 59.2 cm³/mol. The van der Waals surface area contributed by atoms with Crippen LogP contribution in [-0.4, -0.2) is 7.05 Å². The van der Waals surface area contributed by atoms with Gasteiger partial charge in [-0.05, 0) is 23.3 Å². The van der Waals surface area contributed by atoms with E-state index in [-0.39, 0.29) is 5.41 Å². The summed E-state index contributed by atoms with van der Waals surface area (Å²) < 4.78 is 0. The molecule has 0 fully saturated rings. The van der Waals surface area contributed by atoms with Crippen molar-refractivity contribution in [3.8, 4) is 0 Å². The van der Waals surface area contributed by atoms with Gasteiger partial charge in [-0.2, -0.15) is 0 Å². The van der Waals surface area contributed by atoms with Crippen molar-refractivity contribution in [2.75, 3.05) is 7.05 Å². The minimum atomic E-state index is 0.182. The fourth-order valence-electron chi connectivity index (χ4n) is 1.49. The summed E-state index contributed by atoms with van der Waals surface area (Å²) in [6.45, 7) is 11.1. The number of hydrogen-bond donors (Lipinski definition) is 2. The number of nitrogens with one attached hydrogen (secondary N) is 1. The highest BCUT2D eigenvalue weighted by Crippen LogP contribution is 2.36. The minimum absolute atomic E-state index is 0.182. The van der Waals surface area contributed by atoms with Crippen LogP contribution in [0, 0.1) is 11.3 Å². The van der Waals surface area contributed by atoms with Gasteiger partial charge in [0.2, 0.25) is 0 Å². The zero-order chi connectivity index (χ0) is 10.6. The van der Waals surface area contributed by atoms with Crippen LogP contribution in [0.2, 0.25) is 0 Å². The molecule has 0 atom stereocenters. The maximum Gasteiger partial charge on any atom is 0.0954 e. The molecule has 13 heavy (non-hydrogen) atoms. The topological polar surface area (TPSA) is 38.0 Å². The van der Waals surface area contributed by atoms with E-state index in [1.807, 2.05) is 7.05 Å². The Morgan fingerprint density at radius 2 is 1.85 bits per heavy atom. The molecule has 0 aromatic carbocycles. The van der Waals surface area contributed by atoms with Gasteiger partial charge in [-0.25, -0.2) is 0 Å². The average molecular weight is 184 g/mol. The van der Waals surface area contributed by atoms with Crippen LogP contribution in [-0.2, 0) is 0 Å². The Morgan fingerprint density at radius 1 is 1.38 bits per heavy atom. The summed E-state index contributed by atoms with van der Waals surface area (Å²) in [5.74, 6) is 1.44. The molecule has 0 rings (SSSR count). The highest BCUT2D eigenvalue weighted by molar-refractivity contribution is 5.17. The molecule has 0 radical (unpaired) electrons. The molecule has 0 unspecified atom stereocenters. The largest absolute Gasteiger partial charge is 0.386 e. The third-order valence-corrected chi connectivity index (χ3v) is 3.17. The van der Waals surface area contributed by atoms with Gasteiger partial charge in [-0.1, -0.05) is 34.6 Å². The molecule has 0 aromatic rings. The molecule has 0 saturated carbocycles. The molecule has 3 N–H and O–H groups in total. The Hall–Kier alpha value is -0.660. The summed E-state index contributed by atoms with van der Waals surface area (Å²) in [6, 6.07) is 0. The van der Waals surface area contributed by atoms with Crippen LogP contribution < -0.4 is 11.1 Å². The Labute approximate surface area is 82.6 Å². The number of nitrogens with two attached hydrogens (primary N) is 1. The van der Waals surface area contributed by atoms with Crippen LogP contribution in [0.3, 0.4) is 0 Å². The zero-order valence-electron chi connectivity index (χ0n) is 9.86. The van der Waals surface area contributed by atoms with E-state index < -0.39 is 0 Å². The maximum absolute atomic E-state index is 5.92. The van der Waals surface area contributed by atoms with Gasteiger partial charge in [-0.3, -0.25) is 0 Å². The van der Waals surface area contributed by atoms with Gasteiger partial charge >= 0.3 is 0 Å². The van der Waals surface area contributed by atoms with Crippen molar-refractivity contribution in [2.24, 2.45) is 17.1 Å². The number of rotatable bonds is 4. The van der Waals surface area contributed by atoms with Crippen LogP contribution in [0.1, 0.15) is 41.0 Å². The van der Waals surface area contributed by atoms with Crippen molar-refractivity contribution >= 4 is 0 Å². The van der Waals surface area contributed by atoms with Crippen LogP contribution in [0.5, 0.6) is 0 Å². The molecule has 0 bridgehead atoms. The highest BCUT2D eigenvalue weighted by atomic mass is 15.0. The van der Waals surface area contributed by atoms with E-state index in [0.717, 1.165) is 12.2 Å². The molecular formula is C11H24N2. The molecule has 0 aromatic heterocycles. The van der Waals surface area contributed by atoms with E-state index in [2.05, 4.69) is 39.9 Å². The molecule has 2 nitrogen and oxygen atoms in total. The average Bonchev–Trinajstić information content (AvgIpc) is 2.04. The molecule has 0 aliphatic heterocycles. The van der Waals surface area contributed by atoms with Crippen molar-refractivity contribution in [3.63, 3.8) is 0 Å². The van der Waals surface area contributed by atoms with Crippen molar-refractivity contribution in [3.05, 3.63) is 11.4 Å².